The molecule has 0 saturated carbocycles. The summed E-state index contributed by atoms with van der Waals surface area (Å²) in [6.45, 7) is 6.10. The fourth-order valence-electron chi connectivity index (χ4n) is 1.66. The summed E-state index contributed by atoms with van der Waals surface area (Å²) in [5, 5.41) is 0. The molecule has 0 fully saturated rings. The quantitative estimate of drug-likeness (QED) is 0.713. The van der Waals surface area contributed by atoms with E-state index in [2.05, 4.69) is 36.8 Å². The van der Waals surface area contributed by atoms with E-state index in [4.69, 9.17) is 4.74 Å². The molecule has 0 atom stereocenters. The van der Waals surface area contributed by atoms with Crippen LogP contribution in [0.3, 0.4) is 0 Å². The van der Waals surface area contributed by atoms with Crippen LogP contribution in [0.15, 0.2) is 33.3 Å². The first-order valence-electron chi connectivity index (χ1n) is 5.54. The highest BCUT2D eigenvalue weighted by molar-refractivity contribution is 9.10. The van der Waals surface area contributed by atoms with Gasteiger partial charge in [0.1, 0.15) is 5.75 Å². The molecule has 0 aliphatic rings. The van der Waals surface area contributed by atoms with Gasteiger partial charge in [0, 0.05) is 21.2 Å². The fourth-order valence-corrected chi connectivity index (χ4v) is 2.10. The maximum atomic E-state index is 5.78. The van der Waals surface area contributed by atoms with E-state index in [1.165, 1.54) is 0 Å². The Bertz CT molecular complexity index is 573. The van der Waals surface area contributed by atoms with E-state index in [0.717, 1.165) is 31.4 Å². The third kappa shape index (κ3) is 2.93. The highest BCUT2D eigenvalue weighted by Gasteiger charge is 2.06. The summed E-state index contributed by atoms with van der Waals surface area (Å²) in [5.41, 5.74) is 3.41. The van der Waals surface area contributed by atoms with Gasteiger partial charge < -0.3 is 4.74 Å². The van der Waals surface area contributed by atoms with Gasteiger partial charge in [-0.05, 0) is 65.5 Å². The Morgan fingerprint density at radius 3 is 2.11 bits per heavy atom. The van der Waals surface area contributed by atoms with Gasteiger partial charge in [-0.1, -0.05) is 15.9 Å². The monoisotopic (exact) mass is 369 g/mol. The van der Waals surface area contributed by atoms with Crippen LogP contribution in [0.1, 0.15) is 16.7 Å². The van der Waals surface area contributed by atoms with Crippen molar-refractivity contribution < 1.29 is 4.74 Å². The standard InChI is InChI=1S/C14H13Br2NO/c1-8-6-13(17-7-12(8)15)18-11-4-9(2)14(16)10(3)5-11/h4-7H,1-3H3. The molecule has 0 unspecified atom stereocenters. The minimum atomic E-state index is 0.608. The number of hydrogen-bond donors (Lipinski definition) is 0. The van der Waals surface area contributed by atoms with Crippen molar-refractivity contribution in [1.29, 1.82) is 0 Å². The molecule has 0 amide bonds. The highest BCUT2D eigenvalue weighted by atomic mass is 79.9. The zero-order valence-electron chi connectivity index (χ0n) is 10.4. The van der Waals surface area contributed by atoms with Crippen LogP contribution in [-0.4, -0.2) is 4.98 Å². The van der Waals surface area contributed by atoms with Gasteiger partial charge in [-0.15, -0.1) is 0 Å². The molecule has 94 valence electrons. The molecule has 0 aliphatic carbocycles. The number of aromatic nitrogens is 1. The van der Waals surface area contributed by atoms with Gasteiger partial charge in [-0.3, -0.25) is 0 Å². The van der Waals surface area contributed by atoms with E-state index in [1.807, 2.05) is 39.0 Å². The molecule has 1 aromatic heterocycles. The van der Waals surface area contributed by atoms with Crippen LogP contribution in [0.2, 0.25) is 0 Å². The first-order chi connectivity index (χ1) is 8.47. The molecule has 0 N–H and O–H groups in total. The Kier molecular flexibility index (Phi) is 4.07. The third-order valence-electron chi connectivity index (χ3n) is 2.65. The number of ether oxygens (including phenoxy) is 1. The average molecular weight is 371 g/mol. The minimum absolute atomic E-state index is 0.608. The molecule has 1 aromatic carbocycles. The van der Waals surface area contributed by atoms with Crippen molar-refractivity contribution in [2.45, 2.75) is 20.8 Å². The van der Waals surface area contributed by atoms with Crippen LogP contribution in [-0.2, 0) is 0 Å². The zero-order chi connectivity index (χ0) is 13.3. The molecular formula is C14H13Br2NO. The zero-order valence-corrected chi connectivity index (χ0v) is 13.6. The van der Waals surface area contributed by atoms with Crippen molar-refractivity contribution in [2.75, 3.05) is 0 Å². The van der Waals surface area contributed by atoms with Crippen molar-refractivity contribution in [2.24, 2.45) is 0 Å². The second kappa shape index (κ2) is 5.41. The predicted molar refractivity (Wildman–Crippen MR) is 80.4 cm³/mol. The predicted octanol–water partition coefficient (Wildman–Crippen LogP) is 5.32. The van der Waals surface area contributed by atoms with Crippen molar-refractivity contribution >= 4 is 31.9 Å². The van der Waals surface area contributed by atoms with Crippen LogP contribution in [0, 0.1) is 20.8 Å². The van der Waals surface area contributed by atoms with Gasteiger partial charge in [0.15, 0.2) is 0 Å². The molecule has 2 rings (SSSR count). The van der Waals surface area contributed by atoms with E-state index < -0.39 is 0 Å². The van der Waals surface area contributed by atoms with Crippen molar-refractivity contribution in [1.82, 2.24) is 4.98 Å². The lowest BCUT2D eigenvalue weighted by Crippen LogP contribution is -1.91. The van der Waals surface area contributed by atoms with E-state index in [-0.39, 0.29) is 0 Å². The smallest absolute Gasteiger partial charge is 0.219 e. The molecule has 2 nitrogen and oxygen atoms in total. The summed E-state index contributed by atoms with van der Waals surface area (Å²) in [7, 11) is 0. The van der Waals surface area contributed by atoms with Crippen LogP contribution in [0.25, 0.3) is 0 Å². The summed E-state index contributed by atoms with van der Waals surface area (Å²) in [4.78, 5) is 4.24. The van der Waals surface area contributed by atoms with Gasteiger partial charge in [0.2, 0.25) is 5.88 Å². The number of aryl methyl sites for hydroxylation is 3. The van der Waals surface area contributed by atoms with Gasteiger partial charge in [-0.2, -0.15) is 0 Å². The SMILES string of the molecule is Cc1cc(Oc2cc(C)c(Br)c(C)c2)ncc1Br. The second-order valence-corrected chi connectivity index (χ2v) is 5.89. The number of pyridine rings is 1. The van der Waals surface area contributed by atoms with E-state index >= 15 is 0 Å². The maximum absolute atomic E-state index is 5.78. The maximum Gasteiger partial charge on any atom is 0.219 e. The second-order valence-electron chi connectivity index (χ2n) is 4.24. The van der Waals surface area contributed by atoms with Crippen LogP contribution in [0.4, 0.5) is 0 Å². The lowest BCUT2D eigenvalue weighted by Gasteiger charge is -2.09. The Hall–Kier alpha value is -0.870. The van der Waals surface area contributed by atoms with E-state index in [9.17, 15) is 0 Å². The number of nitrogens with zero attached hydrogens (tertiary/aromatic N) is 1. The van der Waals surface area contributed by atoms with Crippen molar-refractivity contribution in [3.8, 4) is 11.6 Å². The number of halogens is 2. The summed E-state index contributed by atoms with van der Waals surface area (Å²) >= 11 is 6.97. The summed E-state index contributed by atoms with van der Waals surface area (Å²) in [5.74, 6) is 1.42. The van der Waals surface area contributed by atoms with Gasteiger partial charge in [-0.25, -0.2) is 4.98 Å². The number of hydrogen-bond acceptors (Lipinski definition) is 2. The molecule has 18 heavy (non-hydrogen) atoms. The van der Waals surface area contributed by atoms with Crippen LogP contribution in [0.5, 0.6) is 11.6 Å². The number of benzene rings is 1. The Labute approximate surface area is 124 Å². The van der Waals surface area contributed by atoms with Gasteiger partial charge >= 0.3 is 0 Å². The Balaban J connectivity index is 2.31. The summed E-state index contributed by atoms with van der Waals surface area (Å²) in [6, 6.07) is 5.91. The minimum Gasteiger partial charge on any atom is -0.439 e. The number of rotatable bonds is 2. The topological polar surface area (TPSA) is 22.1 Å². The first kappa shape index (κ1) is 13.6. The lowest BCUT2D eigenvalue weighted by atomic mass is 10.1. The summed E-state index contributed by atoms with van der Waals surface area (Å²) in [6.07, 6.45) is 1.75. The molecule has 0 radical (unpaired) electrons. The van der Waals surface area contributed by atoms with E-state index in [1.54, 1.807) is 6.20 Å². The molecule has 4 heteroatoms. The fraction of sp³-hybridized carbons (Fsp3) is 0.214. The van der Waals surface area contributed by atoms with E-state index in [0.29, 0.717) is 5.88 Å². The molecule has 1 heterocycles. The van der Waals surface area contributed by atoms with Crippen LogP contribution >= 0.6 is 31.9 Å². The third-order valence-corrected chi connectivity index (χ3v) is 4.74. The molecule has 0 aliphatic heterocycles. The lowest BCUT2D eigenvalue weighted by molar-refractivity contribution is 0.461. The molecule has 2 aromatic rings. The van der Waals surface area contributed by atoms with Crippen molar-refractivity contribution in [3.63, 3.8) is 0 Å². The van der Waals surface area contributed by atoms with Gasteiger partial charge in [0.05, 0.1) is 0 Å². The largest absolute Gasteiger partial charge is 0.439 e. The molecule has 0 saturated heterocycles. The Morgan fingerprint density at radius 2 is 1.56 bits per heavy atom. The summed E-state index contributed by atoms with van der Waals surface area (Å²) < 4.78 is 7.88. The van der Waals surface area contributed by atoms with Crippen molar-refractivity contribution in [3.05, 3.63) is 50.0 Å². The Morgan fingerprint density at radius 1 is 0.944 bits per heavy atom. The molecular weight excluding hydrogens is 358 g/mol. The first-order valence-corrected chi connectivity index (χ1v) is 7.12. The average Bonchev–Trinajstić information content (AvgIpc) is 2.31. The molecule has 0 bridgehead atoms. The highest BCUT2D eigenvalue weighted by Crippen LogP contribution is 2.29. The molecule has 0 spiro atoms. The van der Waals surface area contributed by atoms with Crippen LogP contribution < -0.4 is 4.74 Å². The van der Waals surface area contributed by atoms with Gasteiger partial charge in [0.25, 0.3) is 0 Å². The normalized spacial score (nSPS) is 10.5.